The minimum atomic E-state index is -0.977. The number of fused-ring (bicyclic) bond motifs is 5. The Labute approximate surface area is 724 Å². The Hall–Kier alpha value is -9.65. The fourth-order valence-electron chi connectivity index (χ4n) is 17.6. The molecule has 5 fully saturated rings. The maximum atomic E-state index is 14.6. The van der Waals surface area contributed by atoms with Crippen molar-refractivity contribution in [1.82, 2.24) is 24.9 Å². The molecule has 5 saturated heterocycles. The van der Waals surface area contributed by atoms with E-state index in [-0.39, 0.29) is 98.4 Å². The van der Waals surface area contributed by atoms with Gasteiger partial charge in [0, 0.05) is 116 Å². The summed E-state index contributed by atoms with van der Waals surface area (Å²) >= 11 is 7.18. The van der Waals surface area contributed by atoms with Gasteiger partial charge in [-0.15, -0.1) is 0 Å². The highest BCUT2D eigenvalue weighted by molar-refractivity contribution is 8.15. The molecule has 10 aromatic rings. The number of benzene rings is 5. The van der Waals surface area contributed by atoms with E-state index in [1.807, 2.05) is 27.7 Å². The Morgan fingerprint density at radius 3 is 0.944 bits per heavy atom. The SMILES string of the molecule is C[C@H]1SC(N)=N[C@@]2(c3ccc(F)cc3F)CO[C@@H](c3ncco3)C[C@@H]12.Cc1cnc([C@H]2C[C@H]3CSC(N)=N[C@@]3(c3ccc(F)cc3F)CO2)o1.Cc1coc([C@H]2C[C@H]3CSC(N)=N[C@@]3(c3ccc(F)cc3F)CO2)n1.Cc1coc([C@H]2C[C@H]3CSC(N)=N[C@@]3(c3ccc(F)cc3F)CO2)n1.NC1=N[C@@]2(c3ccc(F)cc3F)CO[C@@H](c3ncco3)C[C@H]2CS1. The minimum absolute atomic E-state index is 0.0274. The van der Waals surface area contributed by atoms with Gasteiger partial charge in [0.1, 0.15) is 147 Å². The van der Waals surface area contributed by atoms with Crippen LogP contribution in [-0.2, 0) is 51.4 Å². The molecule has 0 saturated carbocycles. The number of amidine groups is 5. The summed E-state index contributed by atoms with van der Waals surface area (Å²) in [5, 5.41) is 2.00. The first-order valence-electron chi connectivity index (χ1n) is 39.4. The van der Waals surface area contributed by atoms with Crippen LogP contribution in [0, 0.1) is 109 Å². The van der Waals surface area contributed by atoms with Crippen molar-refractivity contribution in [2.75, 3.05) is 56.0 Å². The number of hydrogen-bond acceptors (Lipinski definition) is 30. The van der Waals surface area contributed by atoms with Crippen LogP contribution in [0.4, 0.5) is 43.9 Å². The van der Waals surface area contributed by atoms with Gasteiger partial charge >= 0.3 is 0 Å². The maximum absolute atomic E-state index is 14.6. The van der Waals surface area contributed by atoms with Crippen LogP contribution in [-0.4, -0.2) is 112 Å². The molecule has 654 valence electrons. The third kappa shape index (κ3) is 17.9. The predicted molar refractivity (Wildman–Crippen MR) is 446 cm³/mol. The van der Waals surface area contributed by atoms with Crippen molar-refractivity contribution in [1.29, 1.82) is 0 Å². The summed E-state index contributed by atoms with van der Waals surface area (Å²) in [7, 11) is 0. The second-order valence-corrected chi connectivity index (χ2v) is 36.9. The highest BCUT2D eigenvalue weighted by atomic mass is 32.2. The summed E-state index contributed by atoms with van der Waals surface area (Å²) in [6.07, 6.45) is 12.2. The van der Waals surface area contributed by atoms with Gasteiger partial charge in [0.2, 0.25) is 29.5 Å². The zero-order chi connectivity index (χ0) is 87.2. The molecule has 0 spiro atoms. The zero-order valence-corrected chi connectivity index (χ0v) is 70.8. The second-order valence-electron chi connectivity index (χ2n) is 31.3. The second kappa shape index (κ2) is 36.4. The fraction of sp³-hybridized carbons (Fsp3) is 0.405. The van der Waals surface area contributed by atoms with E-state index in [1.54, 1.807) is 31.1 Å². The van der Waals surface area contributed by atoms with Crippen LogP contribution in [0.15, 0.2) is 182 Å². The van der Waals surface area contributed by atoms with Gasteiger partial charge < -0.3 is 74.4 Å². The van der Waals surface area contributed by atoms with Crippen LogP contribution < -0.4 is 28.7 Å². The number of nitrogens with zero attached hydrogens (tertiary/aromatic N) is 10. The van der Waals surface area contributed by atoms with Gasteiger partial charge in [0.05, 0.1) is 63.0 Å². The van der Waals surface area contributed by atoms with Crippen LogP contribution >= 0.6 is 58.8 Å². The van der Waals surface area contributed by atoms with Crippen molar-refractivity contribution in [3.05, 3.63) is 267 Å². The van der Waals surface area contributed by atoms with E-state index in [9.17, 15) is 43.9 Å². The van der Waals surface area contributed by atoms with Gasteiger partial charge in [0.15, 0.2) is 25.8 Å². The number of thioether (sulfide) groups is 5. The summed E-state index contributed by atoms with van der Waals surface area (Å²) in [6, 6.07) is 17.7. The van der Waals surface area contributed by atoms with Crippen molar-refractivity contribution < 1.29 is 89.7 Å². The van der Waals surface area contributed by atoms with Crippen molar-refractivity contribution in [3.8, 4) is 0 Å². The number of nitrogens with two attached hydrogens (primary N) is 5. The Morgan fingerprint density at radius 2 is 0.653 bits per heavy atom. The largest absolute Gasteiger partial charge is 0.446 e. The number of ether oxygens (including phenoxy) is 5. The van der Waals surface area contributed by atoms with E-state index in [2.05, 4.69) is 49.9 Å². The van der Waals surface area contributed by atoms with Gasteiger partial charge in [-0.25, -0.2) is 93.8 Å². The first-order valence-corrected chi connectivity index (χ1v) is 44.2. The van der Waals surface area contributed by atoms with Crippen molar-refractivity contribution in [2.24, 2.45) is 83.2 Å². The molecule has 25 nitrogen and oxygen atoms in total. The Morgan fingerprint density at radius 1 is 0.355 bits per heavy atom. The molecule has 10 N–H and O–H groups in total. The van der Waals surface area contributed by atoms with E-state index in [0.29, 0.717) is 144 Å². The molecule has 0 radical (unpaired) electrons. The Balaban J connectivity index is 0.000000115. The molecule has 5 aromatic heterocycles. The van der Waals surface area contributed by atoms with E-state index >= 15 is 0 Å². The van der Waals surface area contributed by atoms with Gasteiger partial charge in [-0.1, -0.05) is 96.1 Å². The normalized spacial score (nSPS) is 29.9. The van der Waals surface area contributed by atoms with Crippen LogP contribution in [0.5, 0.6) is 0 Å². The quantitative estimate of drug-likeness (QED) is 0.0794. The number of hydrogen-bond donors (Lipinski definition) is 5. The number of aryl methyl sites for hydroxylation is 3. The summed E-state index contributed by atoms with van der Waals surface area (Å²) < 4.78 is 196. The lowest BCUT2D eigenvalue weighted by Crippen LogP contribution is -2.51. The Bertz CT molecular complexity index is 5370. The lowest BCUT2D eigenvalue weighted by atomic mass is 9.72. The number of rotatable bonds is 10. The molecule has 40 heteroatoms. The van der Waals surface area contributed by atoms with E-state index in [0.717, 1.165) is 41.7 Å². The van der Waals surface area contributed by atoms with E-state index in [1.165, 1.54) is 132 Å². The number of oxazole rings is 5. The number of halogens is 10. The predicted octanol–water partition coefficient (Wildman–Crippen LogP) is 16.3. The molecule has 0 amide bonds. The monoisotopic (exact) mass is 1810 g/mol. The highest BCUT2D eigenvalue weighted by Gasteiger charge is 2.57. The van der Waals surface area contributed by atoms with E-state index in [4.69, 9.17) is 74.4 Å². The summed E-state index contributed by atoms with van der Waals surface area (Å²) in [5.41, 5.74) is 28.0. The Kier molecular flexibility index (Phi) is 25.8. The molecule has 10 aliphatic heterocycles. The standard InChI is InChI=1S/4C17H17F2N3O2S.C16H15F2N3O2S/c2*1-9-6-23-15(21-9)14-4-10-7-25-16(20)22-17(10,8-24-14)12-3-2-11(18)5-13(12)19;1-9-6-21-15(24-9)14-4-10-7-25-16(20)22-17(10,8-23-14)12-3-2-11(18)5-13(12)19;1-9-12-7-14(15-21-4-5-23-15)24-8-17(12,22-16(20)25-9)11-3-2-10(18)6-13(11)19;17-10-1-2-11(12(18)6-10)16-8-23-13(14-20-3-4-22-14)5-9(16)7-24-15(19)21-16/h3*2-3,5-6,10,14H,4,7-8H2,1H3,(H2,20,22);2-6,9,12,14H,7-8H2,1H3,(H2,20,22);1-4,6,9,13H,5,7-8H2,(H2,19,21)/t3*10-,14+,17-;9-,12+,14-,17-;9-,13+,16-/m00010/s1. The molecule has 16 atom stereocenters. The summed E-state index contributed by atoms with van der Waals surface area (Å²) in [6.45, 7) is 8.19. The first kappa shape index (κ1) is 87.8. The molecule has 20 rings (SSSR count). The average Bonchev–Trinajstić information content (AvgIpc) is 1.58. The van der Waals surface area contributed by atoms with Gasteiger partial charge in [-0.05, 0) is 83.2 Å². The average molecular weight is 1810 g/mol. The topological polar surface area (TPSA) is 368 Å². The van der Waals surface area contributed by atoms with Crippen LogP contribution in [0.25, 0.3) is 0 Å². The van der Waals surface area contributed by atoms with Gasteiger partial charge in [-0.3, -0.25) is 0 Å². The third-order valence-corrected chi connectivity index (χ3v) is 28.5. The minimum Gasteiger partial charge on any atom is -0.446 e. The van der Waals surface area contributed by atoms with Crippen LogP contribution in [0.1, 0.15) is 144 Å². The zero-order valence-electron chi connectivity index (χ0n) is 66.7. The lowest BCUT2D eigenvalue weighted by molar-refractivity contribution is -0.0749. The van der Waals surface area contributed by atoms with Crippen molar-refractivity contribution in [3.63, 3.8) is 0 Å². The molecule has 0 unspecified atom stereocenters. The highest BCUT2D eigenvalue weighted by Crippen LogP contribution is 2.57. The molecule has 10 aliphatic rings. The molecule has 0 bridgehead atoms. The molecule has 5 aromatic carbocycles. The smallest absolute Gasteiger partial charge is 0.223 e. The molecule has 0 aliphatic carbocycles. The molecular weight excluding hydrogens is 1730 g/mol. The fourth-order valence-corrected chi connectivity index (χ4v) is 22.8. The van der Waals surface area contributed by atoms with Crippen LogP contribution in [0.3, 0.4) is 0 Å². The molecular formula is C84H83F10N15O10S5. The number of aromatic nitrogens is 5. The summed E-state index contributed by atoms with van der Waals surface area (Å²) in [4.78, 5) is 43.9. The molecule has 15 heterocycles. The molecule has 124 heavy (non-hydrogen) atoms. The number of aliphatic imine (C=N–C) groups is 5. The van der Waals surface area contributed by atoms with Crippen molar-refractivity contribution >= 4 is 84.6 Å². The van der Waals surface area contributed by atoms with E-state index < -0.39 is 85.9 Å². The third-order valence-electron chi connectivity index (χ3n) is 23.6. The summed E-state index contributed by atoms with van der Waals surface area (Å²) in [5.74, 6) is -0.567. The van der Waals surface area contributed by atoms with Gasteiger partial charge in [0.25, 0.3) is 0 Å². The van der Waals surface area contributed by atoms with Crippen molar-refractivity contribution in [2.45, 2.75) is 123 Å². The van der Waals surface area contributed by atoms with Crippen LogP contribution in [0.2, 0.25) is 0 Å². The van der Waals surface area contributed by atoms with Gasteiger partial charge in [-0.2, -0.15) is 0 Å². The first-order chi connectivity index (χ1) is 59.5. The maximum Gasteiger partial charge on any atom is 0.223 e. The lowest BCUT2D eigenvalue weighted by Gasteiger charge is -2.48.